The molecule has 158 valence electrons. The van der Waals surface area contributed by atoms with Crippen molar-refractivity contribution in [3.8, 4) is 11.5 Å². The van der Waals surface area contributed by atoms with Crippen LogP contribution in [0.4, 0.5) is 17.3 Å². The van der Waals surface area contributed by atoms with Crippen LogP contribution in [-0.4, -0.2) is 56.7 Å². The van der Waals surface area contributed by atoms with Crippen molar-refractivity contribution in [3.05, 3.63) is 62.9 Å². The summed E-state index contributed by atoms with van der Waals surface area (Å²) in [5, 5.41) is 5.34. The van der Waals surface area contributed by atoms with Crippen molar-refractivity contribution in [3.63, 3.8) is 0 Å². The molecule has 31 heavy (non-hydrogen) atoms. The summed E-state index contributed by atoms with van der Waals surface area (Å²) >= 11 is 0. The molecule has 0 unspecified atom stereocenters. The highest BCUT2D eigenvalue weighted by Crippen LogP contribution is 2.40. The lowest BCUT2D eigenvalue weighted by molar-refractivity contribution is 0.0743. The van der Waals surface area contributed by atoms with Crippen molar-refractivity contribution in [2.45, 2.75) is 0 Å². The normalized spacial score (nSPS) is 14.9. The summed E-state index contributed by atoms with van der Waals surface area (Å²) in [5.41, 5.74) is -0.178. The summed E-state index contributed by atoms with van der Waals surface area (Å²) in [6.07, 6.45) is 3.38. The molecule has 5 rings (SSSR count). The third kappa shape index (κ3) is 3.19. The van der Waals surface area contributed by atoms with Crippen LogP contribution in [0.2, 0.25) is 0 Å². The average molecular weight is 421 g/mol. The molecular formula is C20H19N7O4. The first kappa shape index (κ1) is 18.9. The summed E-state index contributed by atoms with van der Waals surface area (Å²) in [6, 6.07) is 6.81. The minimum Gasteiger partial charge on any atom is -0.446 e. The fraction of sp³-hybridized carbons (Fsp3) is 0.250. The lowest BCUT2D eigenvalue weighted by atomic mass is 10.1. The maximum absolute atomic E-state index is 13.2. The van der Waals surface area contributed by atoms with Gasteiger partial charge in [0.15, 0.2) is 11.4 Å². The van der Waals surface area contributed by atoms with Crippen LogP contribution < -0.4 is 26.1 Å². The van der Waals surface area contributed by atoms with Gasteiger partial charge < -0.3 is 19.9 Å². The van der Waals surface area contributed by atoms with Gasteiger partial charge in [0.1, 0.15) is 0 Å². The van der Waals surface area contributed by atoms with E-state index < -0.39 is 11.1 Å². The number of aromatic nitrogens is 4. The van der Waals surface area contributed by atoms with E-state index in [4.69, 9.17) is 4.74 Å². The molecule has 2 aliphatic rings. The number of carbonyl (C=O) groups excluding carboxylic acids is 1. The molecule has 0 aliphatic carbocycles. The number of aryl methyl sites for hydroxylation is 1. The van der Waals surface area contributed by atoms with E-state index in [1.165, 1.54) is 7.05 Å². The third-order valence-corrected chi connectivity index (χ3v) is 5.33. The second-order valence-corrected chi connectivity index (χ2v) is 7.25. The van der Waals surface area contributed by atoms with Gasteiger partial charge in [-0.15, -0.1) is 0 Å². The SMILES string of the molecule is Cn1[nH]c(=O)c2c(c1=O)Nc1cccc(C(=O)N3CCN(c4ncccn4)CC3)c1O2. The molecule has 1 fully saturated rings. The van der Waals surface area contributed by atoms with E-state index in [-0.39, 0.29) is 23.1 Å². The van der Waals surface area contributed by atoms with Gasteiger partial charge in [-0.1, -0.05) is 6.07 Å². The maximum atomic E-state index is 13.2. The highest BCUT2D eigenvalue weighted by atomic mass is 16.5. The predicted molar refractivity (Wildman–Crippen MR) is 112 cm³/mol. The third-order valence-electron chi connectivity index (χ3n) is 5.33. The van der Waals surface area contributed by atoms with Crippen molar-refractivity contribution in [1.82, 2.24) is 24.6 Å². The first-order valence-corrected chi connectivity index (χ1v) is 9.75. The van der Waals surface area contributed by atoms with E-state index in [2.05, 4.69) is 20.4 Å². The fourth-order valence-corrected chi connectivity index (χ4v) is 3.72. The van der Waals surface area contributed by atoms with Crippen molar-refractivity contribution < 1.29 is 9.53 Å². The van der Waals surface area contributed by atoms with Crippen molar-refractivity contribution in [2.24, 2.45) is 7.05 Å². The van der Waals surface area contributed by atoms with Crippen LogP contribution in [0, 0.1) is 0 Å². The number of fused-ring (bicyclic) bond motifs is 2. The van der Waals surface area contributed by atoms with Crippen LogP contribution in [0.25, 0.3) is 0 Å². The Kier molecular flexibility index (Phi) is 4.42. The zero-order valence-electron chi connectivity index (χ0n) is 16.7. The van der Waals surface area contributed by atoms with E-state index in [0.717, 1.165) is 4.68 Å². The van der Waals surface area contributed by atoms with Gasteiger partial charge in [0, 0.05) is 45.6 Å². The van der Waals surface area contributed by atoms with E-state index in [0.29, 0.717) is 43.4 Å². The van der Waals surface area contributed by atoms with E-state index in [1.807, 2.05) is 4.90 Å². The Morgan fingerprint density at radius 1 is 1.03 bits per heavy atom. The van der Waals surface area contributed by atoms with Crippen LogP contribution in [-0.2, 0) is 7.05 Å². The zero-order valence-corrected chi connectivity index (χ0v) is 16.7. The van der Waals surface area contributed by atoms with Crippen LogP contribution in [0.15, 0.2) is 46.2 Å². The Labute approximate surface area is 175 Å². The minimum atomic E-state index is -0.561. The van der Waals surface area contributed by atoms with Gasteiger partial charge in [-0.05, 0) is 18.2 Å². The number of amides is 1. The molecule has 0 atom stereocenters. The number of nitrogens with one attached hydrogen (secondary N) is 2. The molecule has 2 N–H and O–H groups in total. The number of H-pyrrole nitrogens is 1. The molecule has 1 aromatic carbocycles. The van der Waals surface area contributed by atoms with Gasteiger partial charge in [0.05, 0.1) is 11.3 Å². The second-order valence-electron chi connectivity index (χ2n) is 7.25. The molecule has 1 amide bonds. The lowest BCUT2D eigenvalue weighted by Gasteiger charge is -2.35. The van der Waals surface area contributed by atoms with E-state index in [9.17, 15) is 14.4 Å². The number of carbonyl (C=O) groups is 1. The van der Waals surface area contributed by atoms with Gasteiger partial charge in [0.2, 0.25) is 11.7 Å². The molecule has 1 saturated heterocycles. The monoisotopic (exact) mass is 421 g/mol. The Hall–Kier alpha value is -4.15. The number of aromatic amines is 1. The van der Waals surface area contributed by atoms with Crippen LogP contribution in [0.3, 0.4) is 0 Å². The number of anilines is 3. The Balaban J connectivity index is 1.40. The number of benzene rings is 1. The van der Waals surface area contributed by atoms with Gasteiger partial charge >= 0.3 is 5.56 Å². The molecule has 0 bridgehead atoms. The number of ether oxygens (including phenoxy) is 1. The number of nitrogens with zero attached hydrogens (tertiary/aromatic N) is 5. The molecule has 2 aromatic heterocycles. The number of para-hydroxylation sites is 1. The highest BCUT2D eigenvalue weighted by Gasteiger charge is 2.30. The molecule has 4 heterocycles. The second kappa shape index (κ2) is 7.27. The Morgan fingerprint density at radius 3 is 2.52 bits per heavy atom. The van der Waals surface area contributed by atoms with E-state index in [1.54, 1.807) is 41.6 Å². The minimum absolute atomic E-state index is 0.0415. The van der Waals surface area contributed by atoms with E-state index >= 15 is 0 Å². The topological polar surface area (TPSA) is 125 Å². The highest BCUT2D eigenvalue weighted by molar-refractivity contribution is 6.00. The summed E-state index contributed by atoms with van der Waals surface area (Å²) in [5.74, 6) is 0.502. The molecule has 3 aromatic rings. The van der Waals surface area contributed by atoms with Crippen LogP contribution in [0.5, 0.6) is 11.5 Å². The summed E-state index contributed by atoms with van der Waals surface area (Å²) < 4.78 is 6.86. The molecule has 0 saturated carbocycles. The number of rotatable bonds is 2. The smallest absolute Gasteiger partial charge is 0.308 e. The first-order chi connectivity index (χ1) is 15.0. The Morgan fingerprint density at radius 2 is 1.77 bits per heavy atom. The Bertz CT molecular complexity index is 1280. The molecule has 11 heteroatoms. The molecular weight excluding hydrogens is 402 g/mol. The van der Waals surface area contributed by atoms with Crippen molar-refractivity contribution >= 4 is 23.2 Å². The quantitative estimate of drug-likeness (QED) is 0.484. The summed E-state index contributed by atoms with van der Waals surface area (Å²) in [7, 11) is 1.45. The largest absolute Gasteiger partial charge is 0.446 e. The van der Waals surface area contributed by atoms with Gasteiger partial charge in [-0.25, -0.2) is 9.97 Å². The first-order valence-electron chi connectivity index (χ1n) is 9.75. The lowest BCUT2D eigenvalue weighted by Crippen LogP contribution is -2.49. The summed E-state index contributed by atoms with van der Waals surface area (Å²) in [6.45, 7) is 2.18. The zero-order chi connectivity index (χ0) is 21.5. The molecule has 0 radical (unpaired) electrons. The average Bonchev–Trinajstić information content (AvgIpc) is 2.81. The number of hydrogen-bond acceptors (Lipinski definition) is 8. The number of hydrogen-bond donors (Lipinski definition) is 2. The van der Waals surface area contributed by atoms with Gasteiger partial charge in [-0.3, -0.25) is 24.2 Å². The standard InChI is InChI=1S/C20H19N7O4/c1-25-19(30)14-16(17(28)24-25)31-15-12(4-2-5-13(15)23-14)18(29)26-8-10-27(11-9-26)20-21-6-3-7-22-20/h2-7,23H,8-11H2,1H3,(H,24,28). The van der Waals surface area contributed by atoms with Gasteiger partial charge in [-0.2, -0.15) is 0 Å². The fourth-order valence-electron chi connectivity index (χ4n) is 3.72. The van der Waals surface area contributed by atoms with Gasteiger partial charge in [0.25, 0.3) is 11.5 Å². The summed E-state index contributed by atoms with van der Waals surface area (Å²) in [4.78, 5) is 50.2. The molecule has 2 aliphatic heterocycles. The molecule has 0 spiro atoms. The molecule has 11 nitrogen and oxygen atoms in total. The van der Waals surface area contributed by atoms with Crippen LogP contribution >= 0.6 is 0 Å². The maximum Gasteiger partial charge on any atom is 0.308 e. The van der Waals surface area contributed by atoms with Crippen molar-refractivity contribution in [1.29, 1.82) is 0 Å². The van der Waals surface area contributed by atoms with Crippen LogP contribution in [0.1, 0.15) is 10.4 Å². The van der Waals surface area contributed by atoms with Crippen molar-refractivity contribution in [2.75, 3.05) is 36.4 Å². The number of piperazine rings is 1. The predicted octanol–water partition coefficient (Wildman–Crippen LogP) is 0.675.